The average molecular weight is 319 g/mol. The molecular weight excluding hydrogens is 294 g/mol. The van der Waals surface area contributed by atoms with Gasteiger partial charge in [-0.2, -0.15) is 0 Å². The van der Waals surface area contributed by atoms with Crippen LogP contribution < -0.4 is 10.9 Å². The van der Waals surface area contributed by atoms with E-state index in [1.807, 2.05) is 6.92 Å². The van der Waals surface area contributed by atoms with Crippen molar-refractivity contribution in [3.63, 3.8) is 0 Å². The number of rotatable bonds is 6. The molecule has 1 heterocycles. The second kappa shape index (κ2) is 7.57. The van der Waals surface area contributed by atoms with Crippen molar-refractivity contribution in [1.82, 2.24) is 15.8 Å². The Balaban J connectivity index is 2.05. The largest absolute Gasteiger partial charge is 0.480 e. The summed E-state index contributed by atoms with van der Waals surface area (Å²) in [5.41, 5.74) is 9.76. The highest BCUT2D eigenvalue weighted by molar-refractivity contribution is 5.85. The summed E-state index contributed by atoms with van der Waals surface area (Å²) in [7, 11) is 0. The second-order valence-corrected chi connectivity index (χ2v) is 6.14. The maximum Gasteiger partial charge on any atom is 0.323 e. The molecule has 1 fully saturated rings. The van der Waals surface area contributed by atoms with Gasteiger partial charge in [-0.25, -0.2) is 10.9 Å². The minimum atomic E-state index is -0.983. The molecule has 2 unspecified atom stereocenters. The van der Waals surface area contributed by atoms with Gasteiger partial charge in [0.15, 0.2) is 0 Å². The van der Waals surface area contributed by atoms with Gasteiger partial charge in [0.2, 0.25) is 5.91 Å². The molecule has 1 amide bonds. The lowest BCUT2D eigenvalue weighted by atomic mass is 9.96. The fourth-order valence-corrected chi connectivity index (χ4v) is 3.06. The number of hydrazine groups is 1. The summed E-state index contributed by atoms with van der Waals surface area (Å²) in [6, 6.07) is 5.93. The molecule has 6 nitrogen and oxygen atoms in total. The maximum absolute atomic E-state index is 12.5. The molecule has 0 aromatic heterocycles. The average Bonchev–Trinajstić information content (AvgIpc) is 2.95. The van der Waals surface area contributed by atoms with Gasteiger partial charge in [0, 0.05) is 12.6 Å². The van der Waals surface area contributed by atoms with Crippen LogP contribution in [0, 0.1) is 13.8 Å². The van der Waals surface area contributed by atoms with E-state index < -0.39 is 12.0 Å². The monoisotopic (exact) mass is 319 g/mol. The molecule has 1 saturated heterocycles. The van der Waals surface area contributed by atoms with E-state index in [2.05, 4.69) is 42.9 Å². The van der Waals surface area contributed by atoms with Crippen LogP contribution in [-0.2, 0) is 9.59 Å². The Labute approximate surface area is 136 Å². The normalized spacial score (nSPS) is 20.5. The first-order chi connectivity index (χ1) is 10.9. The van der Waals surface area contributed by atoms with Gasteiger partial charge in [-0.3, -0.25) is 9.59 Å². The van der Waals surface area contributed by atoms with Gasteiger partial charge in [-0.15, -0.1) is 0 Å². The summed E-state index contributed by atoms with van der Waals surface area (Å²) in [5, 5.41) is 8.96. The van der Waals surface area contributed by atoms with Crippen LogP contribution in [0.1, 0.15) is 42.5 Å². The van der Waals surface area contributed by atoms with Crippen LogP contribution >= 0.6 is 0 Å². The summed E-state index contributed by atoms with van der Waals surface area (Å²) < 4.78 is 0. The zero-order chi connectivity index (χ0) is 17.0. The zero-order valence-corrected chi connectivity index (χ0v) is 13.9. The number of nitrogens with one attached hydrogen (secondary N) is 2. The van der Waals surface area contributed by atoms with Crippen molar-refractivity contribution in [2.45, 2.75) is 45.7 Å². The van der Waals surface area contributed by atoms with Gasteiger partial charge >= 0.3 is 5.97 Å². The van der Waals surface area contributed by atoms with Gasteiger partial charge in [-0.05, 0) is 37.8 Å². The smallest absolute Gasteiger partial charge is 0.323 e. The molecule has 126 valence electrons. The van der Waals surface area contributed by atoms with E-state index in [1.165, 1.54) is 21.6 Å². The molecule has 6 heteroatoms. The van der Waals surface area contributed by atoms with Gasteiger partial charge in [0.25, 0.3) is 0 Å². The third-order valence-corrected chi connectivity index (χ3v) is 4.13. The summed E-state index contributed by atoms with van der Waals surface area (Å²) in [6.07, 6.45) is 1.35. The molecule has 1 aliphatic rings. The first-order valence-corrected chi connectivity index (χ1v) is 8.01. The van der Waals surface area contributed by atoms with Gasteiger partial charge in [-0.1, -0.05) is 30.7 Å². The van der Waals surface area contributed by atoms with Crippen LogP contribution in [0.4, 0.5) is 0 Å². The molecule has 23 heavy (non-hydrogen) atoms. The third kappa shape index (κ3) is 4.30. The van der Waals surface area contributed by atoms with Crippen LogP contribution in [-0.4, -0.2) is 41.0 Å². The van der Waals surface area contributed by atoms with Crippen molar-refractivity contribution >= 4 is 11.9 Å². The number of hydrogen-bond donors (Lipinski definition) is 3. The minimum absolute atomic E-state index is 0.0536. The maximum atomic E-state index is 12.5. The quantitative estimate of drug-likeness (QED) is 0.741. The zero-order valence-electron chi connectivity index (χ0n) is 13.9. The van der Waals surface area contributed by atoms with Crippen LogP contribution in [0.25, 0.3) is 0 Å². The Morgan fingerprint density at radius 3 is 2.65 bits per heavy atom. The molecule has 3 N–H and O–H groups in total. The third-order valence-electron chi connectivity index (χ3n) is 4.13. The summed E-state index contributed by atoms with van der Waals surface area (Å²) in [4.78, 5) is 24.9. The molecule has 2 rings (SSSR count). The number of aryl methyl sites for hydroxylation is 2. The number of carboxylic acid groups (broad SMARTS) is 1. The van der Waals surface area contributed by atoms with E-state index in [1.54, 1.807) is 0 Å². The summed E-state index contributed by atoms with van der Waals surface area (Å²) in [6.45, 7) is 6.25. The number of benzene rings is 1. The Hall–Kier alpha value is -1.92. The highest BCUT2D eigenvalue weighted by Gasteiger charge is 2.33. The Bertz CT molecular complexity index is 588. The topological polar surface area (TPSA) is 81.7 Å². The summed E-state index contributed by atoms with van der Waals surface area (Å²) in [5.74, 6) is -1.14. The molecular formula is C17H25N3O3. The summed E-state index contributed by atoms with van der Waals surface area (Å²) >= 11 is 0. The Morgan fingerprint density at radius 2 is 2.04 bits per heavy atom. The van der Waals surface area contributed by atoms with Gasteiger partial charge in [0.1, 0.15) is 12.6 Å². The Morgan fingerprint density at radius 1 is 1.30 bits per heavy atom. The number of carbonyl (C=O) groups is 2. The SMILES string of the molecule is CCCN(CC(=O)O)C(=O)C1CC(c2ccc(C)cc2C)NN1. The van der Waals surface area contributed by atoms with Gasteiger partial charge in [0.05, 0.1) is 0 Å². The lowest BCUT2D eigenvalue weighted by molar-refractivity contribution is -0.145. The van der Waals surface area contributed by atoms with E-state index in [-0.39, 0.29) is 18.5 Å². The molecule has 1 aliphatic heterocycles. The van der Waals surface area contributed by atoms with Crippen molar-refractivity contribution in [3.8, 4) is 0 Å². The highest BCUT2D eigenvalue weighted by atomic mass is 16.4. The fraction of sp³-hybridized carbons (Fsp3) is 0.529. The van der Waals surface area contributed by atoms with Crippen molar-refractivity contribution in [1.29, 1.82) is 0 Å². The fourth-order valence-electron chi connectivity index (χ4n) is 3.06. The van der Waals surface area contributed by atoms with E-state index in [0.717, 1.165) is 6.42 Å². The van der Waals surface area contributed by atoms with E-state index in [9.17, 15) is 9.59 Å². The molecule has 0 radical (unpaired) electrons. The molecule has 1 aromatic carbocycles. The molecule has 2 atom stereocenters. The van der Waals surface area contributed by atoms with E-state index in [0.29, 0.717) is 13.0 Å². The Kier molecular flexibility index (Phi) is 5.74. The van der Waals surface area contributed by atoms with Crippen molar-refractivity contribution in [2.75, 3.05) is 13.1 Å². The lowest BCUT2D eigenvalue weighted by Gasteiger charge is -2.23. The predicted octanol–water partition coefficient (Wildman–Crippen LogP) is 1.53. The minimum Gasteiger partial charge on any atom is -0.480 e. The first kappa shape index (κ1) is 17.4. The second-order valence-electron chi connectivity index (χ2n) is 6.14. The number of carbonyl (C=O) groups excluding carboxylic acids is 1. The molecule has 0 spiro atoms. The van der Waals surface area contributed by atoms with Crippen molar-refractivity contribution in [2.24, 2.45) is 0 Å². The number of hydrogen-bond acceptors (Lipinski definition) is 4. The lowest BCUT2D eigenvalue weighted by Crippen LogP contribution is -2.47. The number of amides is 1. The van der Waals surface area contributed by atoms with Crippen LogP contribution in [0.15, 0.2) is 18.2 Å². The standard InChI is InChI=1S/C17H25N3O3/c1-4-7-20(10-16(21)22)17(23)15-9-14(18-19-15)13-6-5-11(2)8-12(13)3/h5-6,8,14-15,18-19H,4,7,9-10H2,1-3H3,(H,21,22). The predicted molar refractivity (Wildman–Crippen MR) is 87.8 cm³/mol. The van der Waals surface area contributed by atoms with Crippen molar-refractivity contribution < 1.29 is 14.7 Å². The molecule has 0 aliphatic carbocycles. The van der Waals surface area contributed by atoms with Crippen LogP contribution in [0.5, 0.6) is 0 Å². The van der Waals surface area contributed by atoms with Crippen LogP contribution in [0.3, 0.4) is 0 Å². The van der Waals surface area contributed by atoms with E-state index >= 15 is 0 Å². The molecule has 1 aromatic rings. The highest BCUT2D eigenvalue weighted by Crippen LogP contribution is 2.26. The van der Waals surface area contributed by atoms with Crippen LogP contribution in [0.2, 0.25) is 0 Å². The van der Waals surface area contributed by atoms with Crippen molar-refractivity contribution in [3.05, 3.63) is 34.9 Å². The number of nitrogens with zero attached hydrogens (tertiary/aromatic N) is 1. The number of carboxylic acids is 1. The first-order valence-electron chi connectivity index (χ1n) is 8.01. The van der Waals surface area contributed by atoms with Gasteiger partial charge < -0.3 is 10.0 Å². The molecule has 0 saturated carbocycles. The number of aliphatic carboxylic acids is 1. The molecule has 0 bridgehead atoms. The van der Waals surface area contributed by atoms with E-state index in [4.69, 9.17) is 5.11 Å².